The van der Waals surface area contributed by atoms with Gasteiger partial charge in [-0.25, -0.2) is 4.79 Å². The second kappa shape index (κ2) is 9.24. The number of rotatable bonds is 7. The van der Waals surface area contributed by atoms with Crippen LogP contribution >= 0.6 is 11.8 Å². The molecule has 0 aliphatic heterocycles. The van der Waals surface area contributed by atoms with Crippen LogP contribution in [-0.2, 0) is 16.6 Å². The number of carbonyl (C=O) groups excluding carboxylic acids is 2. The van der Waals surface area contributed by atoms with E-state index in [0.29, 0.717) is 22.2 Å². The molecule has 8 nitrogen and oxygen atoms in total. The predicted molar refractivity (Wildman–Crippen MR) is 110 cm³/mol. The van der Waals surface area contributed by atoms with Crippen molar-refractivity contribution in [2.45, 2.75) is 12.1 Å². The van der Waals surface area contributed by atoms with Crippen molar-refractivity contribution in [1.29, 1.82) is 0 Å². The van der Waals surface area contributed by atoms with Gasteiger partial charge in [0.25, 0.3) is 0 Å². The van der Waals surface area contributed by atoms with Crippen molar-refractivity contribution in [1.82, 2.24) is 14.8 Å². The Balaban J connectivity index is 1.61. The maximum absolute atomic E-state index is 12.3. The zero-order chi connectivity index (χ0) is 20.8. The number of aromatic hydroxyl groups is 1. The minimum Gasteiger partial charge on any atom is -0.508 e. The Bertz CT molecular complexity index is 1020. The number of hydrogen-bond acceptors (Lipinski definition) is 7. The second-order valence-corrected chi connectivity index (χ2v) is 6.99. The van der Waals surface area contributed by atoms with Crippen molar-refractivity contribution in [3.05, 3.63) is 54.1 Å². The van der Waals surface area contributed by atoms with Gasteiger partial charge in [-0.1, -0.05) is 17.8 Å². The molecule has 0 atom stereocenters. The molecule has 1 aromatic heterocycles. The monoisotopic (exact) mass is 412 g/mol. The largest absolute Gasteiger partial charge is 0.508 e. The summed E-state index contributed by atoms with van der Waals surface area (Å²) < 4.78 is 6.75. The summed E-state index contributed by atoms with van der Waals surface area (Å²) in [5, 5.41) is 21.0. The van der Waals surface area contributed by atoms with E-state index >= 15 is 0 Å². The topological polar surface area (TPSA) is 106 Å². The Morgan fingerprint density at radius 3 is 2.66 bits per heavy atom. The van der Waals surface area contributed by atoms with E-state index in [2.05, 4.69) is 15.5 Å². The highest BCUT2D eigenvalue weighted by molar-refractivity contribution is 7.99. The lowest BCUT2D eigenvalue weighted by Gasteiger charge is -2.07. The molecule has 3 aromatic rings. The van der Waals surface area contributed by atoms with E-state index < -0.39 is 5.97 Å². The summed E-state index contributed by atoms with van der Waals surface area (Å²) in [6, 6.07) is 13.2. The SMILES string of the molecule is CCOC(=O)c1cccc(NC(=O)CSc2nnc(-c3ccc(O)cc3)n2C)c1. The van der Waals surface area contributed by atoms with Crippen molar-refractivity contribution >= 4 is 29.3 Å². The molecule has 150 valence electrons. The number of carbonyl (C=O) groups is 2. The van der Waals surface area contributed by atoms with E-state index in [1.165, 1.54) is 11.8 Å². The second-order valence-electron chi connectivity index (χ2n) is 6.05. The zero-order valence-corrected chi connectivity index (χ0v) is 16.8. The van der Waals surface area contributed by atoms with E-state index in [0.717, 1.165) is 5.56 Å². The highest BCUT2D eigenvalue weighted by Crippen LogP contribution is 2.24. The predicted octanol–water partition coefficient (Wildman–Crippen LogP) is 3.10. The van der Waals surface area contributed by atoms with E-state index in [1.54, 1.807) is 60.0 Å². The highest BCUT2D eigenvalue weighted by Gasteiger charge is 2.14. The fourth-order valence-corrected chi connectivity index (χ4v) is 3.28. The molecule has 0 aliphatic rings. The van der Waals surface area contributed by atoms with Crippen molar-refractivity contribution in [3.8, 4) is 17.1 Å². The highest BCUT2D eigenvalue weighted by atomic mass is 32.2. The van der Waals surface area contributed by atoms with Crippen LogP contribution in [0.25, 0.3) is 11.4 Å². The molecule has 0 radical (unpaired) electrons. The molecule has 2 aromatic carbocycles. The molecule has 0 unspecified atom stereocenters. The summed E-state index contributed by atoms with van der Waals surface area (Å²) in [5.41, 5.74) is 1.71. The average molecular weight is 412 g/mol. The van der Waals surface area contributed by atoms with Gasteiger partial charge in [-0.05, 0) is 49.4 Å². The Kier molecular flexibility index (Phi) is 6.50. The van der Waals surface area contributed by atoms with Crippen molar-refractivity contribution in [2.24, 2.45) is 7.05 Å². The van der Waals surface area contributed by atoms with Gasteiger partial charge in [0.05, 0.1) is 17.9 Å². The van der Waals surface area contributed by atoms with Crippen molar-refractivity contribution in [3.63, 3.8) is 0 Å². The standard InChI is InChI=1S/C20H20N4O4S/c1-3-28-19(27)14-5-4-6-15(11-14)21-17(26)12-29-20-23-22-18(24(20)2)13-7-9-16(25)10-8-13/h4-11,25H,3,12H2,1-2H3,(H,21,26). The Morgan fingerprint density at radius 2 is 1.93 bits per heavy atom. The van der Waals surface area contributed by atoms with Gasteiger partial charge < -0.3 is 19.7 Å². The zero-order valence-electron chi connectivity index (χ0n) is 16.0. The van der Waals surface area contributed by atoms with Crippen LogP contribution in [0.4, 0.5) is 5.69 Å². The minimum atomic E-state index is -0.432. The van der Waals surface area contributed by atoms with Crippen LogP contribution in [0.15, 0.2) is 53.7 Å². The maximum atomic E-state index is 12.3. The summed E-state index contributed by atoms with van der Waals surface area (Å²) in [7, 11) is 1.81. The number of amides is 1. The fourth-order valence-electron chi connectivity index (χ4n) is 2.57. The van der Waals surface area contributed by atoms with Crippen LogP contribution in [0.2, 0.25) is 0 Å². The molecule has 1 heterocycles. The lowest BCUT2D eigenvalue weighted by atomic mass is 10.2. The number of aromatic nitrogens is 3. The molecule has 2 N–H and O–H groups in total. The van der Waals surface area contributed by atoms with E-state index in [9.17, 15) is 14.7 Å². The summed E-state index contributed by atoms with van der Waals surface area (Å²) in [6.45, 7) is 2.02. The van der Waals surface area contributed by atoms with Gasteiger partial charge >= 0.3 is 5.97 Å². The summed E-state index contributed by atoms with van der Waals surface area (Å²) in [4.78, 5) is 24.1. The number of phenols is 1. The first-order valence-corrected chi connectivity index (χ1v) is 9.85. The molecule has 0 saturated carbocycles. The first-order chi connectivity index (χ1) is 14.0. The molecule has 0 aliphatic carbocycles. The number of anilines is 1. The molecule has 29 heavy (non-hydrogen) atoms. The Labute approximate surface area is 171 Å². The first kappa shape index (κ1) is 20.4. The lowest BCUT2D eigenvalue weighted by Crippen LogP contribution is -2.15. The number of hydrogen-bond donors (Lipinski definition) is 2. The Morgan fingerprint density at radius 1 is 1.17 bits per heavy atom. The van der Waals surface area contributed by atoms with Gasteiger partial charge in [-0.2, -0.15) is 0 Å². The maximum Gasteiger partial charge on any atom is 0.338 e. The number of esters is 1. The number of phenolic OH excluding ortho intramolecular Hbond substituents is 1. The van der Waals surface area contributed by atoms with E-state index in [-0.39, 0.29) is 24.0 Å². The number of nitrogens with one attached hydrogen (secondary N) is 1. The fraction of sp³-hybridized carbons (Fsp3) is 0.200. The van der Waals surface area contributed by atoms with Crippen LogP contribution in [0.5, 0.6) is 5.75 Å². The van der Waals surface area contributed by atoms with Gasteiger partial charge in [0.15, 0.2) is 11.0 Å². The van der Waals surface area contributed by atoms with E-state index in [4.69, 9.17) is 4.74 Å². The lowest BCUT2D eigenvalue weighted by molar-refractivity contribution is -0.113. The Hall–Kier alpha value is -3.33. The number of thioether (sulfide) groups is 1. The molecule has 9 heteroatoms. The van der Waals surface area contributed by atoms with Gasteiger partial charge in [0.2, 0.25) is 5.91 Å². The third kappa shape index (κ3) is 5.14. The van der Waals surface area contributed by atoms with Gasteiger partial charge in [-0.3, -0.25) is 4.79 Å². The number of ether oxygens (including phenoxy) is 1. The third-order valence-electron chi connectivity index (χ3n) is 3.95. The first-order valence-electron chi connectivity index (χ1n) is 8.86. The molecule has 1 amide bonds. The summed E-state index contributed by atoms with van der Waals surface area (Å²) in [6.07, 6.45) is 0. The number of benzene rings is 2. The van der Waals surface area contributed by atoms with Crippen LogP contribution in [0, 0.1) is 0 Å². The van der Waals surface area contributed by atoms with Gasteiger partial charge in [-0.15, -0.1) is 10.2 Å². The quantitative estimate of drug-likeness (QED) is 0.454. The number of nitrogens with zero attached hydrogens (tertiary/aromatic N) is 3. The summed E-state index contributed by atoms with van der Waals surface area (Å²) >= 11 is 1.25. The molecule has 0 saturated heterocycles. The molecule has 0 bridgehead atoms. The van der Waals surface area contributed by atoms with Gasteiger partial charge in [0, 0.05) is 18.3 Å². The van der Waals surface area contributed by atoms with Gasteiger partial charge in [0.1, 0.15) is 5.75 Å². The normalized spacial score (nSPS) is 10.6. The van der Waals surface area contributed by atoms with Crippen LogP contribution < -0.4 is 5.32 Å². The molecule has 0 spiro atoms. The van der Waals surface area contributed by atoms with Crippen LogP contribution in [-0.4, -0.2) is 44.1 Å². The summed E-state index contributed by atoms with van der Waals surface area (Å²) in [5.74, 6) is 0.277. The third-order valence-corrected chi connectivity index (χ3v) is 4.97. The molecule has 0 fully saturated rings. The van der Waals surface area contributed by atoms with Crippen molar-refractivity contribution in [2.75, 3.05) is 17.7 Å². The molecule has 3 rings (SSSR count). The molecular weight excluding hydrogens is 392 g/mol. The minimum absolute atomic E-state index is 0.130. The smallest absolute Gasteiger partial charge is 0.338 e. The van der Waals surface area contributed by atoms with Crippen LogP contribution in [0.3, 0.4) is 0 Å². The van der Waals surface area contributed by atoms with Crippen molar-refractivity contribution < 1.29 is 19.4 Å². The average Bonchev–Trinajstić information content (AvgIpc) is 3.08. The van der Waals surface area contributed by atoms with E-state index in [1.807, 2.05) is 7.05 Å². The van der Waals surface area contributed by atoms with Crippen LogP contribution in [0.1, 0.15) is 17.3 Å². The molecular formula is C20H20N4O4S.